The molecule has 4 N–H and O–H groups in total. The molecule has 0 unspecified atom stereocenters. The Hall–Kier alpha value is -2.44. The number of nitrogens with zero attached hydrogens (tertiary/aromatic N) is 2. The highest BCUT2D eigenvalue weighted by Gasteiger charge is 2.35. The third-order valence-electron chi connectivity index (χ3n) is 4.65. The van der Waals surface area contributed by atoms with E-state index in [0.29, 0.717) is 36.6 Å². The number of likely N-dealkylation sites (tertiary alicyclic amines) is 1. The molecular weight excluding hydrogens is 308 g/mol. The Kier molecular flexibility index (Phi) is 4.26. The van der Waals surface area contributed by atoms with Gasteiger partial charge in [0, 0.05) is 31.2 Å². The molecule has 0 aliphatic carbocycles. The van der Waals surface area contributed by atoms with Crippen LogP contribution in [-0.2, 0) is 6.54 Å². The molecule has 0 saturated carbocycles. The summed E-state index contributed by atoms with van der Waals surface area (Å²) in [7, 11) is 0. The van der Waals surface area contributed by atoms with E-state index in [0.717, 1.165) is 18.4 Å². The summed E-state index contributed by atoms with van der Waals surface area (Å²) in [6, 6.07) is 3.32. The first kappa shape index (κ1) is 16.4. The minimum absolute atomic E-state index is 0.00493. The molecule has 7 heteroatoms. The molecule has 0 radical (unpaired) electrons. The van der Waals surface area contributed by atoms with Gasteiger partial charge in [-0.1, -0.05) is 0 Å². The Balaban J connectivity index is 1.75. The number of hydrogen-bond donors (Lipinski definition) is 2. The molecule has 0 bridgehead atoms. The van der Waals surface area contributed by atoms with Gasteiger partial charge in [0.25, 0.3) is 5.91 Å². The molecule has 1 aromatic carbocycles. The fourth-order valence-electron chi connectivity index (χ4n) is 3.43. The molecule has 2 heterocycles. The number of primary amides is 1. The third kappa shape index (κ3) is 2.98. The normalized spacial score (nSPS) is 18.2. The van der Waals surface area contributed by atoms with E-state index in [1.807, 2.05) is 24.8 Å². The van der Waals surface area contributed by atoms with Crippen molar-refractivity contribution in [1.82, 2.24) is 9.80 Å². The van der Waals surface area contributed by atoms with Crippen molar-refractivity contribution in [2.75, 3.05) is 18.8 Å². The van der Waals surface area contributed by atoms with E-state index in [-0.39, 0.29) is 18.1 Å². The third-order valence-corrected chi connectivity index (χ3v) is 4.65. The van der Waals surface area contributed by atoms with Crippen molar-refractivity contribution >= 4 is 17.6 Å². The number of nitrogens with two attached hydrogens (primary N) is 2. The lowest BCUT2D eigenvalue weighted by Gasteiger charge is -2.35. The SMILES string of the molecule is CC(C)Oc1cc2c(cc1N)C(=O)N(C1CCN(C(N)=O)CC1)C2. The van der Waals surface area contributed by atoms with E-state index >= 15 is 0 Å². The highest BCUT2D eigenvalue weighted by atomic mass is 16.5. The molecule has 1 aromatic rings. The zero-order chi connectivity index (χ0) is 17.4. The van der Waals surface area contributed by atoms with E-state index in [1.54, 1.807) is 11.0 Å². The van der Waals surface area contributed by atoms with Crippen LogP contribution in [0.2, 0.25) is 0 Å². The predicted molar refractivity (Wildman–Crippen MR) is 90.7 cm³/mol. The van der Waals surface area contributed by atoms with Crippen LogP contribution in [0.25, 0.3) is 0 Å². The van der Waals surface area contributed by atoms with Crippen LogP contribution in [0.5, 0.6) is 5.75 Å². The largest absolute Gasteiger partial charge is 0.489 e. The van der Waals surface area contributed by atoms with Crippen molar-refractivity contribution in [2.45, 2.75) is 45.4 Å². The Bertz CT molecular complexity index is 666. The van der Waals surface area contributed by atoms with Crippen LogP contribution in [0.4, 0.5) is 10.5 Å². The first-order valence-electron chi connectivity index (χ1n) is 8.31. The number of anilines is 1. The van der Waals surface area contributed by atoms with Gasteiger partial charge >= 0.3 is 6.03 Å². The summed E-state index contributed by atoms with van der Waals surface area (Å²) in [4.78, 5) is 27.4. The zero-order valence-electron chi connectivity index (χ0n) is 14.1. The fraction of sp³-hybridized carbons (Fsp3) is 0.529. The van der Waals surface area contributed by atoms with E-state index in [4.69, 9.17) is 16.2 Å². The van der Waals surface area contributed by atoms with Gasteiger partial charge in [-0.25, -0.2) is 4.79 Å². The van der Waals surface area contributed by atoms with Gasteiger partial charge in [-0.3, -0.25) is 4.79 Å². The van der Waals surface area contributed by atoms with E-state index in [1.165, 1.54) is 0 Å². The number of nitrogen functional groups attached to an aromatic ring is 1. The second-order valence-corrected chi connectivity index (χ2v) is 6.70. The highest BCUT2D eigenvalue weighted by Crippen LogP contribution is 2.34. The topological polar surface area (TPSA) is 102 Å². The van der Waals surface area contributed by atoms with Gasteiger partial charge in [-0.05, 0) is 44.4 Å². The van der Waals surface area contributed by atoms with Crippen molar-refractivity contribution in [3.05, 3.63) is 23.3 Å². The number of fused-ring (bicyclic) bond motifs is 1. The second kappa shape index (κ2) is 6.22. The summed E-state index contributed by atoms with van der Waals surface area (Å²) in [5.74, 6) is 0.632. The molecular formula is C17H24N4O3. The minimum atomic E-state index is -0.396. The summed E-state index contributed by atoms with van der Waals surface area (Å²) >= 11 is 0. The summed E-state index contributed by atoms with van der Waals surface area (Å²) in [6.07, 6.45) is 1.51. The van der Waals surface area contributed by atoms with Crippen LogP contribution in [0.15, 0.2) is 12.1 Å². The number of carbonyl (C=O) groups is 2. The van der Waals surface area contributed by atoms with E-state index in [2.05, 4.69) is 0 Å². The van der Waals surface area contributed by atoms with Crippen LogP contribution in [0.1, 0.15) is 42.6 Å². The number of amides is 3. The van der Waals surface area contributed by atoms with Crippen LogP contribution in [-0.4, -0.2) is 47.0 Å². The highest BCUT2D eigenvalue weighted by molar-refractivity contribution is 6.00. The van der Waals surface area contributed by atoms with Gasteiger partial charge in [0.05, 0.1) is 11.8 Å². The molecule has 7 nitrogen and oxygen atoms in total. The van der Waals surface area contributed by atoms with Crippen LogP contribution < -0.4 is 16.2 Å². The molecule has 0 atom stereocenters. The van der Waals surface area contributed by atoms with Crippen molar-refractivity contribution in [3.8, 4) is 5.75 Å². The Labute approximate surface area is 141 Å². The molecule has 1 saturated heterocycles. The summed E-state index contributed by atoms with van der Waals surface area (Å²) in [5.41, 5.74) is 13.4. The average molecular weight is 332 g/mol. The quantitative estimate of drug-likeness (QED) is 0.820. The number of benzene rings is 1. The number of piperidine rings is 1. The predicted octanol–water partition coefficient (Wildman–Crippen LogP) is 1.55. The fourth-order valence-corrected chi connectivity index (χ4v) is 3.43. The van der Waals surface area contributed by atoms with E-state index in [9.17, 15) is 9.59 Å². The van der Waals surface area contributed by atoms with Gasteiger partial charge in [-0.2, -0.15) is 0 Å². The molecule has 0 aromatic heterocycles. The number of ether oxygens (including phenoxy) is 1. The maximum atomic E-state index is 12.7. The van der Waals surface area contributed by atoms with Gasteiger partial charge < -0.3 is 26.0 Å². The van der Waals surface area contributed by atoms with Crippen molar-refractivity contribution in [2.24, 2.45) is 5.73 Å². The maximum absolute atomic E-state index is 12.7. The number of hydrogen-bond acceptors (Lipinski definition) is 4. The monoisotopic (exact) mass is 332 g/mol. The molecule has 0 spiro atoms. The molecule has 1 fully saturated rings. The Morgan fingerprint density at radius 2 is 1.96 bits per heavy atom. The lowest BCUT2D eigenvalue weighted by Crippen LogP contribution is -2.48. The number of rotatable bonds is 3. The number of urea groups is 1. The molecule has 130 valence electrons. The average Bonchev–Trinajstić information content (AvgIpc) is 2.84. The number of carbonyl (C=O) groups excluding carboxylic acids is 2. The van der Waals surface area contributed by atoms with Gasteiger partial charge in [0.15, 0.2) is 0 Å². The second-order valence-electron chi connectivity index (χ2n) is 6.70. The first-order valence-corrected chi connectivity index (χ1v) is 8.31. The smallest absolute Gasteiger partial charge is 0.314 e. The van der Waals surface area contributed by atoms with Crippen LogP contribution >= 0.6 is 0 Å². The van der Waals surface area contributed by atoms with Crippen molar-refractivity contribution in [1.29, 1.82) is 0 Å². The lowest BCUT2D eigenvalue weighted by atomic mass is 10.0. The molecule has 2 aliphatic rings. The first-order chi connectivity index (χ1) is 11.4. The van der Waals surface area contributed by atoms with Crippen LogP contribution in [0, 0.1) is 0 Å². The molecule has 3 rings (SSSR count). The lowest BCUT2D eigenvalue weighted by molar-refractivity contribution is 0.0625. The minimum Gasteiger partial charge on any atom is -0.489 e. The standard InChI is InChI=1S/C17H24N4O3/c1-10(2)24-15-7-11-9-21(16(22)13(11)8-14(15)18)12-3-5-20(6-4-12)17(19)23/h7-8,10,12H,3-6,9,18H2,1-2H3,(H2,19,23). The van der Waals surface area contributed by atoms with Crippen molar-refractivity contribution < 1.29 is 14.3 Å². The molecule has 24 heavy (non-hydrogen) atoms. The van der Waals surface area contributed by atoms with Gasteiger partial charge in [0.2, 0.25) is 0 Å². The van der Waals surface area contributed by atoms with Gasteiger partial charge in [0.1, 0.15) is 5.75 Å². The van der Waals surface area contributed by atoms with E-state index < -0.39 is 6.03 Å². The summed E-state index contributed by atoms with van der Waals surface area (Å²) in [6.45, 7) is 5.62. The maximum Gasteiger partial charge on any atom is 0.314 e. The van der Waals surface area contributed by atoms with Crippen LogP contribution in [0.3, 0.4) is 0 Å². The van der Waals surface area contributed by atoms with Gasteiger partial charge in [-0.15, -0.1) is 0 Å². The summed E-state index contributed by atoms with van der Waals surface area (Å²) < 4.78 is 5.71. The Morgan fingerprint density at radius 3 is 2.54 bits per heavy atom. The zero-order valence-corrected chi connectivity index (χ0v) is 14.1. The summed E-state index contributed by atoms with van der Waals surface area (Å²) in [5, 5.41) is 0. The molecule has 2 aliphatic heterocycles. The Morgan fingerprint density at radius 1 is 1.29 bits per heavy atom. The van der Waals surface area contributed by atoms with Crippen molar-refractivity contribution in [3.63, 3.8) is 0 Å². The molecule has 3 amide bonds.